The van der Waals surface area contributed by atoms with Gasteiger partial charge in [0, 0.05) is 5.75 Å². The van der Waals surface area contributed by atoms with Crippen LogP contribution in [0.3, 0.4) is 0 Å². The summed E-state index contributed by atoms with van der Waals surface area (Å²) in [5.74, 6) is 1.03. The Kier molecular flexibility index (Phi) is 15.5. The molecule has 0 aliphatic carbocycles. The van der Waals surface area contributed by atoms with Crippen LogP contribution in [0.5, 0.6) is 0 Å². The maximum absolute atomic E-state index is 6.42. The summed E-state index contributed by atoms with van der Waals surface area (Å²) < 4.78 is 0. The molecule has 0 unspecified atom stereocenters. The zero-order valence-electron chi connectivity index (χ0n) is 4.82. The van der Waals surface area contributed by atoms with Crippen LogP contribution in [0.1, 0.15) is 13.3 Å². The van der Waals surface area contributed by atoms with Gasteiger partial charge >= 0.3 is 29.6 Å². The smallest absolute Gasteiger partial charge is 0.681 e. The van der Waals surface area contributed by atoms with Gasteiger partial charge in [-0.25, -0.2) is 0 Å². The Labute approximate surface area is 71.7 Å². The molecule has 34 valence electrons. The topological polar surface area (TPSA) is 0 Å². The third-order valence-corrected chi connectivity index (χ3v) is 1.14. The second-order valence-electron chi connectivity index (χ2n) is 0.951. The van der Waals surface area contributed by atoms with Gasteiger partial charge in [0.1, 0.15) is 0 Å². The molecule has 0 saturated carbocycles. The summed E-state index contributed by atoms with van der Waals surface area (Å²) in [5.41, 5.74) is 0. The van der Waals surface area contributed by atoms with Gasteiger partial charge in [0.2, 0.25) is 0 Å². The number of thioether (sulfide) groups is 1. The van der Waals surface area contributed by atoms with Crippen LogP contribution >= 0.6 is 11.8 Å². The van der Waals surface area contributed by atoms with Gasteiger partial charge in [-0.05, 0) is 6.42 Å². The van der Waals surface area contributed by atoms with Gasteiger partial charge in [-0.2, -0.15) is 0 Å². The van der Waals surface area contributed by atoms with Gasteiger partial charge in [0.15, 0.2) is 0 Å². The SMILES string of the molecule is [C-]#CSCCC.[Na+]. The molecule has 0 aromatic heterocycles. The van der Waals surface area contributed by atoms with Crippen molar-refractivity contribution in [2.24, 2.45) is 0 Å². The molecule has 0 fully saturated rings. The molecule has 0 aliphatic rings. The third kappa shape index (κ3) is 10.9. The molecular weight excluding hydrogens is 115 g/mol. The summed E-state index contributed by atoms with van der Waals surface area (Å²) in [6.45, 7) is 2.09. The van der Waals surface area contributed by atoms with E-state index in [-0.39, 0.29) is 29.6 Å². The van der Waals surface area contributed by atoms with Crippen molar-refractivity contribution in [3.63, 3.8) is 0 Å². The molecule has 0 aromatic carbocycles. The quantitative estimate of drug-likeness (QED) is 0.189. The molecule has 0 aliphatic heterocycles. The first kappa shape index (κ1) is 10.8. The Balaban J connectivity index is 0. The van der Waals surface area contributed by atoms with E-state index in [0.29, 0.717) is 0 Å². The predicted molar refractivity (Wildman–Crippen MR) is 29.9 cm³/mol. The van der Waals surface area contributed by atoms with Crippen molar-refractivity contribution in [2.45, 2.75) is 13.3 Å². The Hall–Kier alpha value is 0.910. The van der Waals surface area contributed by atoms with E-state index in [9.17, 15) is 0 Å². The summed E-state index contributed by atoms with van der Waals surface area (Å²) in [6.07, 6.45) is 7.55. The predicted octanol–water partition coefficient (Wildman–Crippen LogP) is -1.32. The van der Waals surface area contributed by atoms with E-state index in [0.717, 1.165) is 12.2 Å². The molecular formula is C5H7NaS. The fraction of sp³-hybridized carbons (Fsp3) is 0.600. The molecule has 0 heterocycles. The van der Waals surface area contributed by atoms with E-state index in [2.05, 4.69) is 12.2 Å². The van der Waals surface area contributed by atoms with Crippen molar-refractivity contribution in [3.05, 3.63) is 6.42 Å². The molecule has 0 atom stereocenters. The third-order valence-electron chi connectivity index (χ3n) is 0.378. The maximum Gasteiger partial charge on any atom is 1.00 e. The van der Waals surface area contributed by atoms with Crippen LogP contribution in [-0.4, -0.2) is 5.75 Å². The van der Waals surface area contributed by atoms with Crippen LogP contribution in [0.15, 0.2) is 0 Å². The van der Waals surface area contributed by atoms with Crippen LogP contribution in [-0.2, 0) is 0 Å². The zero-order valence-corrected chi connectivity index (χ0v) is 7.64. The summed E-state index contributed by atoms with van der Waals surface area (Å²) in [7, 11) is 0. The first-order valence-corrected chi connectivity index (χ1v) is 2.94. The molecule has 0 radical (unpaired) electrons. The van der Waals surface area contributed by atoms with Crippen molar-refractivity contribution >= 4 is 11.8 Å². The zero-order chi connectivity index (χ0) is 4.83. The van der Waals surface area contributed by atoms with Crippen LogP contribution < -0.4 is 29.6 Å². The summed E-state index contributed by atoms with van der Waals surface area (Å²) in [6, 6.07) is 0. The average Bonchev–Trinajstić information content (AvgIpc) is 1.61. The van der Waals surface area contributed by atoms with Gasteiger partial charge in [0.05, 0.1) is 0 Å². The fourth-order valence-electron chi connectivity index (χ4n) is 0.153. The molecule has 0 saturated heterocycles. The Morgan fingerprint density at radius 1 is 1.71 bits per heavy atom. The van der Waals surface area contributed by atoms with E-state index in [4.69, 9.17) is 6.42 Å². The van der Waals surface area contributed by atoms with E-state index in [1.165, 1.54) is 11.8 Å². The fourth-order valence-corrected chi connectivity index (χ4v) is 0.459. The normalized spacial score (nSPS) is 6.29. The Morgan fingerprint density at radius 2 is 2.29 bits per heavy atom. The van der Waals surface area contributed by atoms with Crippen molar-refractivity contribution < 1.29 is 29.6 Å². The van der Waals surface area contributed by atoms with Crippen LogP contribution in [0.4, 0.5) is 0 Å². The van der Waals surface area contributed by atoms with Crippen LogP contribution in [0.2, 0.25) is 0 Å². The molecule has 0 aromatic rings. The first-order chi connectivity index (χ1) is 2.91. The molecule has 2 heteroatoms. The van der Waals surface area contributed by atoms with Crippen LogP contribution in [0, 0.1) is 11.7 Å². The van der Waals surface area contributed by atoms with E-state index in [1.54, 1.807) is 0 Å². The van der Waals surface area contributed by atoms with Crippen molar-refractivity contribution in [2.75, 3.05) is 5.75 Å². The Bertz CT molecular complexity index is 55.6. The number of hydrogen-bond acceptors (Lipinski definition) is 1. The van der Waals surface area contributed by atoms with Crippen molar-refractivity contribution in [1.82, 2.24) is 0 Å². The van der Waals surface area contributed by atoms with Crippen molar-refractivity contribution in [3.8, 4) is 5.25 Å². The summed E-state index contributed by atoms with van der Waals surface area (Å²) >= 11 is 1.42. The minimum absolute atomic E-state index is 0. The second kappa shape index (κ2) is 10.0. The van der Waals surface area contributed by atoms with Gasteiger partial charge in [0.25, 0.3) is 0 Å². The van der Waals surface area contributed by atoms with E-state index in [1.807, 2.05) is 0 Å². The standard InChI is InChI=1S/C5H7S.Na/c1-3-5-6-4-2;/h3,5H2,1H3;/q-1;+1. The molecule has 0 amide bonds. The minimum Gasteiger partial charge on any atom is -0.681 e. The summed E-state index contributed by atoms with van der Waals surface area (Å²) in [4.78, 5) is 0. The molecule has 0 N–H and O–H groups in total. The van der Waals surface area contributed by atoms with Gasteiger partial charge < -0.3 is 6.42 Å². The van der Waals surface area contributed by atoms with Gasteiger partial charge in [-0.1, -0.05) is 6.92 Å². The van der Waals surface area contributed by atoms with Crippen LogP contribution in [0.25, 0.3) is 0 Å². The molecule has 0 nitrogen and oxygen atoms in total. The molecule has 0 rings (SSSR count). The average molecular weight is 122 g/mol. The first-order valence-electron chi connectivity index (χ1n) is 1.95. The van der Waals surface area contributed by atoms with Crippen molar-refractivity contribution in [1.29, 1.82) is 0 Å². The molecule has 7 heavy (non-hydrogen) atoms. The van der Waals surface area contributed by atoms with E-state index >= 15 is 0 Å². The van der Waals surface area contributed by atoms with E-state index < -0.39 is 0 Å². The minimum atomic E-state index is 0. The maximum atomic E-state index is 6.42. The summed E-state index contributed by atoms with van der Waals surface area (Å²) in [5, 5.41) is 2.24. The monoisotopic (exact) mass is 122 g/mol. The number of hydrogen-bond donors (Lipinski definition) is 0. The number of rotatable bonds is 2. The second-order valence-corrected chi connectivity index (χ2v) is 1.85. The van der Waals surface area contributed by atoms with Gasteiger partial charge in [-0.3, -0.25) is 5.25 Å². The van der Waals surface area contributed by atoms with Gasteiger partial charge in [-0.15, -0.1) is 11.8 Å². The largest absolute Gasteiger partial charge is 1.00 e. The molecule has 0 bridgehead atoms. The Morgan fingerprint density at radius 3 is 2.43 bits per heavy atom. The molecule has 0 spiro atoms.